The van der Waals surface area contributed by atoms with Crippen molar-refractivity contribution in [2.24, 2.45) is 11.3 Å². The van der Waals surface area contributed by atoms with E-state index in [0.717, 1.165) is 25.4 Å². The van der Waals surface area contributed by atoms with Crippen molar-refractivity contribution in [1.82, 2.24) is 4.90 Å². The van der Waals surface area contributed by atoms with E-state index in [0.29, 0.717) is 5.41 Å². The highest BCUT2D eigenvalue weighted by atomic mass is 16.2. The van der Waals surface area contributed by atoms with Gasteiger partial charge >= 0.3 is 0 Å². The molecule has 0 aromatic rings. The summed E-state index contributed by atoms with van der Waals surface area (Å²) in [7, 11) is 0. The van der Waals surface area contributed by atoms with Gasteiger partial charge in [0.05, 0.1) is 0 Å². The van der Waals surface area contributed by atoms with Gasteiger partial charge in [-0.2, -0.15) is 0 Å². The lowest BCUT2D eigenvalue weighted by Gasteiger charge is -2.35. The molecule has 0 aromatic heterocycles. The third-order valence-corrected chi connectivity index (χ3v) is 4.60. The number of rotatable bonds is 10. The maximum atomic E-state index is 11.5. The van der Waals surface area contributed by atoms with Gasteiger partial charge in [-0.1, -0.05) is 47.0 Å². The summed E-state index contributed by atoms with van der Waals surface area (Å²) in [6.07, 6.45) is 7.52. The molecule has 2 nitrogen and oxygen atoms in total. The minimum absolute atomic E-state index is 0.212. The summed E-state index contributed by atoms with van der Waals surface area (Å²) in [5.74, 6) is 1.05. The van der Waals surface area contributed by atoms with E-state index in [1.807, 2.05) is 4.90 Å². The minimum Gasteiger partial charge on any atom is -0.343 e. The monoisotopic (exact) mass is 269 g/mol. The second-order valence-corrected chi connectivity index (χ2v) is 6.30. The highest BCUT2D eigenvalue weighted by molar-refractivity contribution is 5.73. The second-order valence-electron chi connectivity index (χ2n) is 6.30. The van der Waals surface area contributed by atoms with Gasteiger partial charge in [-0.3, -0.25) is 4.79 Å². The Morgan fingerprint density at radius 2 is 1.68 bits per heavy atom. The van der Waals surface area contributed by atoms with E-state index < -0.39 is 0 Å². The number of hydrogen-bond acceptors (Lipinski definition) is 1. The summed E-state index contributed by atoms with van der Waals surface area (Å²) in [5, 5.41) is 0. The van der Waals surface area contributed by atoms with Crippen LogP contribution < -0.4 is 0 Å². The van der Waals surface area contributed by atoms with Gasteiger partial charge in [0.25, 0.3) is 0 Å². The normalized spacial score (nSPS) is 14.5. The maximum Gasteiger partial charge on any atom is 0.219 e. The predicted molar refractivity (Wildman–Crippen MR) is 84.2 cm³/mol. The molecule has 1 unspecified atom stereocenters. The van der Waals surface area contributed by atoms with Crippen LogP contribution in [0.3, 0.4) is 0 Å². The van der Waals surface area contributed by atoms with Crippen LogP contribution in [-0.4, -0.2) is 23.9 Å². The van der Waals surface area contributed by atoms with Crippen molar-refractivity contribution in [2.75, 3.05) is 13.1 Å². The topological polar surface area (TPSA) is 20.3 Å². The molecule has 0 aliphatic carbocycles. The van der Waals surface area contributed by atoms with Gasteiger partial charge in [-0.15, -0.1) is 0 Å². The highest BCUT2D eigenvalue weighted by Crippen LogP contribution is 2.37. The van der Waals surface area contributed by atoms with Crippen LogP contribution in [-0.2, 0) is 4.79 Å². The van der Waals surface area contributed by atoms with Gasteiger partial charge in [0, 0.05) is 20.0 Å². The Bertz CT molecular complexity index is 248. The first-order chi connectivity index (χ1) is 8.92. The fourth-order valence-corrected chi connectivity index (χ4v) is 3.15. The van der Waals surface area contributed by atoms with E-state index in [1.165, 1.54) is 32.1 Å². The fourth-order valence-electron chi connectivity index (χ4n) is 3.15. The number of carbonyl (C=O) groups is 1. The molecule has 0 radical (unpaired) electrons. The molecule has 0 rings (SSSR count). The standard InChI is InChI=1S/C17H35NO/c1-7-11-17(6,14-16(8-2)9-3)12-13-18(10-4)15(5)19/h16H,7-14H2,1-6H3. The second kappa shape index (κ2) is 9.39. The fraction of sp³-hybridized carbons (Fsp3) is 0.941. The van der Waals surface area contributed by atoms with Crippen LogP contribution >= 0.6 is 0 Å². The number of carbonyl (C=O) groups excluding carboxylic acids is 1. The van der Waals surface area contributed by atoms with Crippen molar-refractivity contribution in [3.8, 4) is 0 Å². The summed E-state index contributed by atoms with van der Waals surface area (Å²) in [5.41, 5.74) is 0.397. The Kier molecular flexibility index (Phi) is 9.12. The van der Waals surface area contributed by atoms with Crippen LogP contribution in [0, 0.1) is 11.3 Å². The van der Waals surface area contributed by atoms with E-state index in [4.69, 9.17) is 0 Å². The zero-order valence-electron chi connectivity index (χ0n) is 14.1. The average molecular weight is 269 g/mol. The minimum atomic E-state index is 0.212. The molecule has 19 heavy (non-hydrogen) atoms. The molecule has 0 spiro atoms. The molecular weight excluding hydrogens is 234 g/mol. The lowest BCUT2D eigenvalue weighted by molar-refractivity contribution is -0.129. The highest BCUT2D eigenvalue weighted by Gasteiger charge is 2.27. The Labute approximate surface area is 120 Å². The molecule has 0 saturated heterocycles. The van der Waals surface area contributed by atoms with Crippen LogP contribution in [0.5, 0.6) is 0 Å². The molecule has 0 heterocycles. The van der Waals surface area contributed by atoms with Gasteiger partial charge in [-0.05, 0) is 37.5 Å². The van der Waals surface area contributed by atoms with E-state index >= 15 is 0 Å². The molecule has 1 atom stereocenters. The first-order valence-electron chi connectivity index (χ1n) is 8.17. The molecule has 0 aromatic carbocycles. The lowest BCUT2D eigenvalue weighted by atomic mass is 9.73. The molecule has 0 bridgehead atoms. The Hall–Kier alpha value is -0.530. The van der Waals surface area contributed by atoms with Crippen LogP contribution in [0.2, 0.25) is 0 Å². The summed E-state index contributed by atoms with van der Waals surface area (Å²) in [6, 6.07) is 0. The van der Waals surface area contributed by atoms with Crippen molar-refractivity contribution >= 4 is 5.91 Å². The molecule has 0 aliphatic heterocycles. The molecule has 1 amide bonds. The molecule has 0 aliphatic rings. The average Bonchev–Trinajstić information content (AvgIpc) is 2.36. The molecule has 0 N–H and O–H groups in total. The zero-order valence-corrected chi connectivity index (χ0v) is 14.1. The first kappa shape index (κ1) is 18.5. The van der Waals surface area contributed by atoms with Crippen LogP contribution in [0.4, 0.5) is 0 Å². The SMILES string of the molecule is CCCC(C)(CCN(CC)C(C)=O)CC(CC)CC. The van der Waals surface area contributed by atoms with Crippen LogP contribution in [0.1, 0.15) is 80.1 Å². The molecule has 114 valence electrons. The van der Waals surface area contributed by atoms with Crippen molar-refractivity contribution < 1.29 is 4.79 Å². The van der Waals surface area contributed by atoms with Crippen molar-refractivity contribution in [3.63, 3.8) is 0 Å². The number of hydrogen-bond donors (Lipinski definition) is 0. The van der Waals surface area contributed by atoms with Gasteiger partial charge in [0.15, 0.2) is 0 Å². The third-order valence-electron chi connectivity index (χ3n) is 4.60. The summed E-state index contributed by atoms with van der Waals surface area (Å²) < 4.78 is 0. The van der Waals surface area contributed by atoms with Crippen molar-refractivity contribution in [1.29, 1.82) is 0 Å². The first-order valence-corrected chi connectivity index (χ1v) is 8.17. The summed E-state index contributed by atoms with van der Waals surface area (Å²) in [6.45, 7) is 14.8. The van der Waals surface area contributed by atoms with Crippen molar-refractivity contribution in [3.05, 3.63) is 0 Å². The maximum absolute atomic E-state index is 11.5. The van der Waals surface area contributed by atoms with Crippen LogP contribution in [0.25, 0.3) is 0 Å². The number of amides is 1. The Morgan fingerprint density at radius 1 is 1.11 bits per heavy atom. The summed E-state index contributed by atoms with van der Waals surface area (Å²) >= 11 is 0. The number of nitrogens with zero attached hydrogens (tertiary/aromatic N) is 1. The Morgan fingerprint density at radius 3 is 2.05 bits per heavy atom. The Balaban J connectivity index is 4.55. The van der Waals surface area contributed by atoms with E-state index in [-0.39, 0.29) is 5.91 Å². The third kappa shape index (κ3) is 6.98. The van der Waals surface area contributed by atoms with E-state index in [1.54, 1.807) is 6.92 Å². The smallest absolute Gasteiger partial charge is 0.219 e. The molecule has 0 fully saturated rings. The quantitative estimate of drug-likeness (QED) is 0.553. The largest absolute Gasteiger partial charge is 0.343 e. The van der Waals surface area contributed by atoms with Gasteiger partial charge < -0.3 is 4.90 Å². The van der Waals surface area contributed by atoms with Gasteiger partial charge in [0.2, 0.25) is 5.91 Å². The molecule has 2 heteroatoms. The predicted octanol–water partition coefficient (Wildman–Crippen LogP) is 4.88. The van der Waals surface area contributed by atoms with Gasteiger partial charge in [-0.25, -0.2) is 0 Å². The van der Waals surface area contributed by atoms with Gasteiger partial charge in [0.1, 0.15) is 0 Å². The lowest BCUT2D eigenvalue weighted by Crippen LogP contribution is -2.33. The van der Waals surface area contributed by atoms with Crippen LogP contribution in [0.15, 0.2) is 0 Å². The molecule has 0 saturated carbocycles. The van der Waals surface area contributed by atoms with Crippen molar-refractivity contribution in [2.45, 2.75) is 80.1 Å². The van der Waals surface area contributed by atoms with E-state index in [2.05, 4.69) is 34.6 Å². The zero-order chi connectivity index (χ0) is 14.9. The molecular formula is C17H35NO. The van der Waals surface area contributed by atoms with E-state index in [9.17, 15) is 4.79 Å². The summed E-state index contributed by atoms with van der Waals surface area (Å²) in [4.78, 5) is 13.5.